The summed E-state index contributed by atoms with van der Waals surface area (Å²) in [6, 6.07) is 7.28. The van der Waals surface area contributed by atoms with E-state index in [2.05, 4.69) is 0 Å². The number of carbonyl (C=O) groups is 1. The highest BCUT2D eigenvalue weighted by atomic mass is 32.2. The Labute approximate surface area is 160 Å². The van der Waals surface area contributed by atoms with E-state index in [4.69, 9.17) is 9.47 Å². The summed E-state index contributed by atoms with van der Waals surface area (Å²) in [6.07, 6.45) is -2.23. The van der Waals surface area contributed by atoms with E-state index in [1.54, 1.807) is 0 Å². The summed E-state index contributed by atoms with van der Waals surface area (Å²) < 4.78 is 51.0. The molecule has 146 valence electrons. The Morgan fingerprint density at radius 1 is 1.11 bits per heavy atom. The van der Waals surface area contributed by atoms with Gasteiger partial charge in [0.15, 0.2) is 0 Å². The second-order valence-electron chi connectivity index (χ2n) is 6.02. The summed E-state index contributed by atoms with van der Waals surface area (Å²) in [6.45, 7) is 5.45. The van der Waals surface area contributed by atoms with Gasteiger partial charge in [-0.1, -0.05) is 19.1 Å². The van der Waals surface area contributed by atoms with Gasteiger partial charge in [-0.2, -0.15) is 13.2 Å². The summed E-state index contributed by atoms with van der Waals surface area (Å²) >= 11 is 0.781. The van der Waals surface area contributed by atoms with E-state index in [9.17, 15) is 18.0 Å². The molecule has 27 heavy (non-hydrogen) atoms. The smallest absolute Gasteiger partial charge is 0.416 e. The monoisotopic (exact) mass is 398 g/mol. The number of benzene rings is 2. The van der Waals surface area contributed by atoms with Gasteiger partial charge in [-0.3, -0.25) is 0 Å². The molecule has 3 nitrogen and oxygen atoms in total. The zero-order chi connectivity index (χ0) is 20.2. The van der Waals surface area contributed by atoms with Gasteiger partial charge in [0, 0.05) is 5.56 Å². The maximum atomic E-state index is 13.4. The number of hydrogen-bond donors (Lipinski definition) is 0. The Hall–Kier alpha value is -2.15. The van der Waals surface area contributed by atoms with Crippen LogP contribution >= 0.6 is 11.8 Å². The standard InChI is InChI=1S/C20H21F3O3S/c1-5-14-9-13(3)18(10-12(14)2)25-11-15-16(20(21,22)23)7-6-8-17(15)26-19(24)27-4/h6-10H,5,11H2,1-4H3. The van der Waals surface area contributed by atoms with Gasteiger partial charge < -0.3 is 9.47 Å². The average molecular weight is 398 g/mol. The van der Waals surface area contributed by atoms with Gasteiger partial charge in [0.05, 0.1) is 5.56 Å². The van der Waals surface area contributed by atoms with Crippen molar-refractivity contribution in [3.63, 3.8) is 0 Å². The molecule has 0 heterocycles. The van der Waals surface area contributed by atoms with Crippen molar-refractivity contribution in [1.29, 1.82) is 0 Å². The van der Waals surface area contributed by atoms with E-state index in [-0.39, 0.29) is 17.9 Å². The minimum atomic E-state index is -4.59. The van der Waals surface area contributed by atoms with Gasteiger partial charge in [-0.05, 0) is 73.2 Å². The summed E-state index contributed by atoms with van der Waals surface area (Å²) in [7, 11) is 0. The third kappa shape index (κ3) is 5.19. The van der Waals surface area contributed by atoms with Gasteiger partial charge in [-0.25, -0.2) is 4.79 Å². The second-order valence-corrected chi connectivity index (χ2v) is 6.76. The molecular weight excluding hydrogens is 377 g/mol. The molecule has 0 amide bonds. The number of rotatable bonds is 5. The molecule has 2 aromatic rings. The minimum Gasteiger partial charge on any atom is -0.488 e. The molecule has 0 spiro atoms. The van der Waals surface area contributed by atoms with Crippen molar-refractivity contribution in [2.75, 3.05) is 6.26 Å². The van der Waals surface area contributed by atoms with E-state index in [1.807, 2.05) is 32.9 Å². The Balaban J connectivity index is 2.39. The Kier molecular flexibility index (Phi) is 6.81. The van der Waals surface area contributed by atoms with Crippen LogP contribution in [0.1, 0.15) is 34.7 Å². The lowest BCUT2D eigenvalue weighted by atomic mass is 10.0. The molecule has 0 aliphatic rings. The fourth-order valence-corrected chi connectivity index (χ4v) is 2.92. The maximum Gasteiger partial charge on any atom is 0.416 e. The van der Waals surface area contributed by atoms with E-state index in [0.717, 1.165) is 40.9 Å². The molecule has 0 saturated carbocycles. The van der Waals surface area contributed by atoms with Crippen molar-refractivity contribution in [1.82, 2.24) is 0 Å². The lowest BCUT2D eigenvalue weighted by Gasteiger charge is -2.18. The summed E-state index contributed by atoms with van der Waals surface area (Å²) in [4.78, 5) is 11.6. The van der Waals surface area contributed by atoms with Gasteiger partial charge >= 0.3 is 11.5 Å². The lowest BCUT2D eigenvalue weighted by Crippen LogP contribution is -2.14. The summed E-state index contributed by atoms with van der Waals surface area (Å²) in [5.74, 6) is 0.354. The number of halogens is 3. The van der Waals surface area contributed by atoms with Crippen LogP contribution in [-0.4, -0.2) is 11.6 Å². The zero-order valence-corrected chi connectivity index (χ0v) is 16.4. The number of hydrogen-bond acceptors (Lipinski definition) is 4. The van der Waals surface area contributed by atoms with E-state index >= 15 is 0 Å². The average Bonchev–Trinajstić information content (AvgIpc) is 2.61. The van der Waals surface area contributed by atoms with Crippen molar-refractivity contribution < 1.29 is 27.4 Å². The van der Waals surface area contributed by atoms with Crippen LogP contribution in [-0.2, 0) is 19.2 Å². The SMILES string of the molecule is CCc1cc(C)c(OCc2c(OC(=O)SC)cccc2C(F)(F)F)cc1C. The van der Waals surface area contributed by atoms with Crippen molar-refractivity contribution in [3.8, 4) is 11.5 Å². The second kappa shape index (κ2) is 8.69. The molecule has 0 aliphatic heterocycles. The molecule has 0 N–H and O–H groups in total. The molecule has 0 aromatic heterocycles. The molecule has 0 unspecified atom stereocenters. The van der Waals surface area contributed by atoms with Gasteiger partial charge in [-0.15, -0.1) is 0 Å². The minimum absolute atomic E-state index is 0.149. The van der Waals surface area contributed by atoms with Crippen molar-refractivity contribution in [2.24, 2.45) is 0 Å². The molecular formula is C20H21F3O3S. The predicted molar refractivity (Wildman–Crippen MR) is 101 cm³/mol. The predicted octanol–water partition coefficient (Wildman–Crippen LogP) is 6.33. The van der Waals surface area contributed by atoms with E-state index < -0.39 is 17.0 Å². The fraction of sp³-hybridized carbons (Fsp3) is 0.350. The molecule has 2 aromatic carbocycles. The molecule has 2 rings (SSSR count). The van der Waals surface area contributed by atoms with Gasteiger partial charge in [0.1, 0.15) is 18.1 Å². The van der Waals surface area contributed by atoms with Crippen LogP contribution in [0.2, 0.25) is 0 Å². The van der Waals surface area contributed by atoms with Crippen molar-refractivity contribution >= 4 is 17.1 Å². The zero-order valence-electron chi connectivity index (χ0n) is 15.6. The van der Waals surface area contributed by atoms with Gasteiger partial charge in [0.2, 0.25) is 0 Å². The maximum absolute atomic E-state index is 13.4. The highest BCUT2D eigenvalue weighted by Crippen LogP contribution is 2.37. The number of alkyl halides is 3. The molecule has 0 radical (unpaired) electrons. The van der Waals surface area contributed by atoms with E-state index in [0.29, 0.717) is 5.75 Å². The van der Waals surface area contributed by atoms with Crippen LogP contribution < -0.4 is 9.47 Å². The van der Waals surface area contributed by atoms with Crippen LogP contribution in [0.15, 0.2) is 30.3 Å². The third-order valence-corrected chi connectivity index (χ3v) is 4.60. The molecule has 0 bridgehead atoms. The van der Waals surface area contributed by atoms with Crippen molar-refractivity contribution in [3.05, 3.63) is 58.1 Å². The number of ether oxygens (including phenoxy) is 2. The van der Waals surface area contributed by atoms with Crippen LogP contribution in [0.5, 0.6) is 11.5 Å². The molecule has 0 fully saturated rings. The Bertz CT molecular complexity index is 832. The summed E-state index contributed by atoms with van der Waals surface area (Å²) in [5.41, 5.74) is 1.92. The Morgan fingerprint density at radius 3 is 2.41 bits per heavy atom. The molecule has 0 aliphatic carbocycles. The van der Waals surface area contributed by atoms with Crippen LogP contribution in [0, 0.1) is 13.8 Å². The normalized spacial score (nSPS) is 11.4. The number of aryl methyl sites for hydroxylation is 3. The number of carbonyl (C=O) groups excluding carboxylic acids is 1. The molecule has 0 atom stereocenters. The van der Waals surface area contributed by atoms with E-state index in [1.165, 1.54) is 18.4 Å². The molecule has 0 saturated heterocycles. The Morgan fingerprint density at radius 2 is 1.81 bits per heavy atom. The van der Waals surface area contributed by atoms with Gasteiger partial charge in [0.25, 0.3) is 0 Å². The first-order valence-corrected chi connectivity index (χ1v) is 9.57. The van der Waals surface area contributed by atoms with Crippen LogP contribution in [0.4, 0.5) is 18.0 Å². The lowest BCUT2D eigenvalue weighted by molar-refractivity contribution is -0.138. The van der Waals surface area contributed by atoms with Crippen LogP contribution in [0.25, 0.3) is 0 Å². The first-order valence-electron chi connectivity index (χ1n) is 8.35. The highest BCUT2D eigenvalue weighted by molar-refractivity contribution is 8.12. The molecule has 7 heteroatoms. The first-order chi connectivity index (χ1) is 12.7. The first kappa shape index (κ1) is 21.2. The largest absolute Gasteiger partial charge is 0.488 e. The fourth-order valence-electron chi connectivity index (χ4n) is 2.74. The number of thioether (sulfide) groups is 1. The quantitative estimate of drug-likeness (QED) is 0.552. The third-order valence-electron chi connectivity index (χ3n) is 4.18. The highest BCUT2D eigenvalue weighted by Gasteiger charge is 2.35. The van der Waals surface area contributed by atoms with Crippen molar-refractivity contribution in [2.45, 2.75) is 40.0 Å². The van der Waals surface area contributed by atoms with Crippen LogP contribution in [0.3, 0.4) is 0 Å². The summed E-state index contributed by atoms with van der Waals surface area (Å²) in [5, 5.41) is -0.685. The topological polar surface area (TPSA) is 35.5 Å².